The molecule has 0 N–H and O–H groups in total. The summed E-state index contributed by atoms with van der Waals surface area (Å²) < 4.78 is 0. The Labute approximate surface area is 101 Å². The lowest BCUT2D eigenvalue weighted by molar-refractivity contribution is 0.434. The van der Waals surface area contributed by atoms with E-state index >= 15 is 0 Å². The highest BCUT2D eigenvalue weighted by Crippen LogP contribution is 2.19. The molecule has 3 heteroatoms. The van der Waals surface area contributed by atoms with Crippen LogP contribution in [0.4, 0.5) is 0 Å². The lowest BCUT2D eigenvalue weighted by atomic mass is 10.2. The molecule has 2 aliphatic rings. The van der Waals surface area contributed by atoms with E-state index < -0.39 is 0 Å². The van der Waals surface area contributed by atoms with Gasteiger partial charge in [-0.15, -0.1) is 0 Å². The number of hydrogen-bond donors (Lipinski definition) is 0. The maximum absolute atomic E-state index is 4.03. The average Bonchev–Trinajstić information content (AvgIpc) is 2.85. The highest BCUT2D eigenvalue weighted by Gasteiger charge is 2.13. The number of fused-ring (bicyclic) bond motifs is 1. The zero-order chi connectivity index (χ0) is 11.5. The minimum atomic E-state index is 1.00. The summed E-state index contributed by atoms with van der Waals surface area (Å²) in [5.41, 5.74) is 2.61. The van der Waals surface area contributed by atoms with Gasteiger partial charge < -0.3 is 9.80 Å². The molecule has 0 spiro atoms. The Kier molecular flexibility index (Phi) is 2.66. The molecule has 1 aromatic rings. The number of hydrogen-bond acceptors (Lipinski definition) is 3. The zero-order valence-electron chi connectivity index (χ0n) is 9.66. The highest BCUT2D eigenvalue weighted by atomic mass is 15.2. The van der Waals surface area contributed by atoms with E-state index in [2.05, 4.69) is 57.7 Å². The summed E-state index contributed by atoms with van der Waals surface area (Å²) >= 11 is 0. The number of aromatic nitrogens is 1. The fourth-order valence-corrected chi connectivity index (χ4v) is 2.08. The number of rotatable bonds is 3. The molecule has 0 radical (unpaired) electrons. The molecule has 0 atom stereocenters. The summed E-state index contributed by atoms with van der Waals surface area (Å²) in [5.74, 6) is 0. The van der Waals surface area contributed by atoms with Gasteiger partial charge in [-0.1, -0.05) is 6.08 Å². The largest absolute Gasteiger partial charge is 0.350 e. The Morgan fingerprint density at radius 1 is 1.18 bits per heavy atom. The Hall–Kier alpha value is -2.03. The standard InChI is InChI=1S/C14H15N3/c1-2-14-12-16(10-11-17(14)8-1)9-5-13-3-6-15-7-4-13/h1-4,6-7,10-12H,5,8-9H2. The van der Waals surface area contributed by atoms with Crippen LogP contribution in [0.5, 0.6) is 0 Å². The van der Waals surface area contributed by atoms with E-state index in [0.717, 1.165) is 19.5 Å². The third-order valence-corrected chi connectivity index (χ3v) is 3.07. The highest BCUT2D eigenvalue weighted by molar-refractivity contribution is 5.29. The third kappa shape index (κ3) is 2.23. The maximum Gasteiger partial charge on any atom is 0.0572 e. The minimum absolute atomic E-state index is 1.00. The lowest BCUT2D eigenvalue weighted by Crippen LogP contribution is -2.23. The van der Waals surface area contributed by atoms with Gasteiger partial charge in [0.25, 0.3) is 0 Å². The molecule has 86 valence electrons. The average molecular weight is 225 g/mol. The van der Waals surface area contributed by atoms with Gasteiger partial charge >= 0.3 is 0 Å². The van der Waals surface area contributed by atoms with Crippen LogP contribution in [0.2, 0.25) is 0 Å². The Morgan fingerprint density at radius 3 is 2.94 bits per heavy atom. The van der Waals surface area contributed by atoms with Gasteiger partial charge in [0, 0.05) is 44.1 Å². The number of allylic oxidation sites excluding steroid dienone is 1. The molecule has 3 heterocycles. The van der Waals surface area contributed by atoms with Gasteiger partial charge in [0.1, 0.15) is 0 Å². The quantitative estimate of drug-likeness (QED) is 0.785. The summed E-state index contributed by atoms with van der Waals surface area (Å²) in [6.45, 7) is 2.01. The van der Waals surface area contributed by atoms with Crippen LogP contribution >= 0.6 is 0 Å². The first kappa shape index (κ1) is 10.1. The van der Waals surface area contributed by atoms with Crippen LogP contribution < -0.4 is 0 Å². The van der Waals surface area contributed by atoms with Gasteiger partial charge in [-0.25, -0.2) is 0 Å². The van der Waals surface area contributed by atoms with E-state index in [1.54, 1.807) is 0 Å². The first-order chi connectivity index (χ1) is 8.42. The molecule has 3 rings (SSSR count). The second kappa shape index (κ2) is 4.45. The Balaban J connectivity index is 1.62. The van der Waals surface area contributed by atoms with E-state index in [0.29, 0.717) is 0 Å². The van der Waals surface area contributed by atoms with Crippen LogP contribution in [0.25, 0.3) is 0 Å². The van der Waals surface area contributed by atoms with Crippen molar-refractivity contribution in [2.75, 3.05) is 13.1 Å². The smallest absolute Gasteiger partial charge is 0.0572 e. The summed E-state index contributed by atoms with van der Waals surface area (Å²) in [7, 11) is 0. The predicted octanol–water partition coefficient (Wildman–Crippen LogP) is 2.12. The molecule has 0 saturated heterocycles. The molecule has 0 aliphatic carbocycles. The van der Waals surface area contributed by atoms with Crippen molar-refractivity contribution < 1.29 is 0 Å². The van der Waals surface area contributed by atoms with Crippen molar-refractivity contribution >= 4 is 0 Å². The van der Waals surface area contributed by atoms with Crippen LogP contribution in [0.15, 0.2) is 61.0 Å². The van der Waals surface area contributed by atoms with Gasteiger partial charge in [-0.3, -0.25) is 4.98 Å². The molecule has 0 unspecified atom stereocenters. The van der Waals surface area contributed by atoms with Crippen molar-refractivity contribution in [2.24, 2.45) is 0 Å². The fraction of sp³-hybridized carbons (Fsp3) is 0.214. The van der Waals surface area contributed by atoms with Crippen molar-refractivity contribution in [3.8, 4) is 0 Å². The lowest BCUT2D eigenvalue weighted by Gasteiger charge is -2.26. The van der Waals surface area contributed by atoms with E-state index in [4.69, 9.17) is 0 Å². The Bertz CT molecular complexity index is 474. The van der Waals surface area contributed by atoms with Crippen LogP contribution in [-0.4, -0.2) is 27.9 Å². The van der Waals surface area contributed by atoms with E-state index in [-0.39, 0.29) is 0 Å². The third-order valence-electron chi connectivity index (χ3n) is 3.07. The number of nitrogens with zero attached hydrogens (tertiary/aromatic N) is 3. The maximum atomic E-state index is 4.03. The molecule has 0 saturated carbocycles. The summed E-state index contributed by atoms with van der Waals surface area (Å²) in [6.07, 6.45) is 15.6. The predicted molar refractivity (Wildman–Crippen MR) is 67.7 cm³/mol. The molecule has 0 fully saturated rings. The van der Waals surface area contributed by atoms with Crippen molar-refractivity contribution in [1.29, 1.82) is 0 Å². The molecule has 0 bridgehead atoms. The normalized spacial score (nSPS) is 17.3. The number of pyridine rings is 1. The van der Waals surface area contributed by atoms with Crippen molar-refractivity contribution in [3.63, 3.8) is 0 Å². The summed E-state index contributed by atoms with van der Waals surface area (Å²) in [5, 5.41) is 0. The van der Waals surface area contributed by atoms with Crippen LogP contribution in [-0.2, 0) is 6.42 Å². The minimum Gasteiger partial charge on any atom is -0.350 e. The van der Waals surface area contributed by atoms with Crippen LogP contribution in [0.1, 0.15) is 5.56 Å². The van der Waals surface area contributed by atoms with Gasteiger partial charge in [-0.05, 0) is 30.2 Å². The molecule has 0 aromatic carbocycles. The molecule has 1 aromatic heterocycles. The second-order valence-corrected chi connectivity index (χ2v) is 4.25. The van der Waals surface area contributed by atoms with Crippen molar-refractivity contribution in [1.82, 2.24) is 14.8 Å². The summed E-state index contributed by atoms with van der Waals surface area (Å²) in [4.78, 5) is 8.51. The van der Waals surface area contributed by atoms with E-state index in [1.165, 1.54) is 11.3 Å². The molecular formula is C14H15N3. The molecule has 17 heavy (non-hydrogen) atoms. The van der Waals surface area contributed by atoms with E-state index in [9.17, 15) is 0 Å². The second-order valence-electron chi connectivity index (χ2n) is 4.25. The zero-order valence-corrected chi connectivity index (χ0v) is 9.66. The molecule has 3 nitrogen and oxygen atoms in total. The molecular weight excluding hydrogens is 210 g/mol. The van der Waals surface area contributed by atoms with E-state index in [1.807, 2.05) is 12.4 Å². The SMILES string of the molecule is C1=CC2=CN(CCc3ccncc3)C=CN2C1. The Morgan fingerprint density at radius 2 is 2.06 bits per heavy atom. The van der Waals surface area contributed by atoms with Gasteiger partial charge in [-0.2, -0.15) is 0 Å². The van der Waals surface area contributed by atoms with Gasteiger partial charge in [0.05, 0.1) is 5.70 Å². The van der Waals surface area contributed by atoms with Crippen molar-refractivity contribution in [2.45, 2.75) is 6.42 Å². The van der Waals surface area contributed by atoms with Crippen LogP contribution in [0, 0.1) is 0 Å². The first-order valence-corrected chi connectivity index (χ1v) is 5.90. The van der Waals surface area contributed by atoms with Crippen molar-refractivity contribution in [3.05, 3.63) is 66.5 Å². The fourth-order valence-electron chi connectivity index (χ4n) is 2.08. The van der Waals surface area contributed by atoms with Gasteiger partial charge in [0.2, 0.25) is 0 Å². The monoisotopic (exact) mass is 225 g/mol. The topological polar surface area (TPSA) is 19.4 Å². The first-order valence-electron chi connectivity index (χ1n) is 5.90. The summed E-state index contributed by atoms with van der Waals surface area (Å²) in [6, 6.07) is 4.14. The molecule has 2 aliphatic heterocycles. The van der Waals surface area contributed by atoms with Crippen LogP contribution in [0.3, 0.4) is 0 Å². The molecule has 0 amide bonds. The van der Waals surface area contributed by atoms with Gasteiger partial charge in [0.15, 0.2) is 0 Å².